The molecule has 0 atom stereocenters. The van der Waals surface area contributed by atoms with Crippen molar-refractivity contribution in [2.45, 2.75) is 46.4 Å². The highest BCUT2D eigenvalue weighted by molar-refractivity contribution is 5.94. The van der Waals surface area contributed by atoms with Crippen LogP contribution in [0.1, 0.15) is 49.2 Å². The molecule has 0 bridgehead atoms. The fourth-order valence-electron chi connectivity index (χ4n) is 2.25. The summed E-state index contributed by atoms with van der Waals surface area (Å²) < 4.78 is 5.38. The summed E-state index contributed by atoms with van der Waals surface area (Å²) in [6.45, 7) is 9.04. The Labute approximate surface area is 125 Å². The van der Waals surface area contributed by atoms with Crippen molar-refractivity contribution in [3.8, 4) is 0 Å². The van der Waals surface area contributed by atoms with Crippen LogP contribution >= 0.6 is 0 Å². The van der Waals surface area contributed by atoms with Gasteiger partial charge in [-0.05, 0) is 51.0 Å². The zero-order chi connectivity index (χ0) is 15.6. The van der Waals surface area contributed by atoms with E-state index < -0.39 is 5.60 Å². The van der Waals surface area contributed by atoms with Crippen molar-refractivity contribution in [2.75, 3.05) is 6.54 Å². The van der Waals surface area contributed by atoms with E-state index in [0.717, 1.165) is 11.1 Å². The van der Waals surface area contributed by atoms with Crippen molar-refractivity contribution < 1.29 is 14.3 Å². The summed E-state index contributed by atoms with van der Waals surface area (Å²) in [4.78, 5) is 25.6. The van der Waals surface area contributed by atoms with Crippen LogP contribution in [0.2, 0.25) is 0 Å². The van der Waals surface area contributed by atoms with Gasteiger partial charge in [-0.25, -0.2) is 4.79 Å². The van der Waals surface area contributed by atoms with Crippen LogP contribution in [-0.4, -0.2) is 29.0 Å². The second kappa shape index (κ2) is 5.76. The van der Waals surface area contributed by atoms with Crippen LogP contribution in [0.4, 0.5) is 4.79 Å². The number of fused-ring (bicyclic) bond motifs is 1. The van der Waals surface area contributed by atoms with Crippen LogP contribution in [-0.2, 0) is 17.8 Å². The molecule has 0 saturated heterocycles. The van der Waals surface area contributed by atoms with E-state index in [0.29, 0.717) is 25.2 Å². The topological polar surface area (TPSA) is 58.6 Å². The molecule has 1 aromatic rings. The Bertz CT molecular complexity index is 561. The first kappa shape index (κ1) is 15.4. The molecular formula is C16H22N2O3. The largest absolute Gasteiger partial charge is 0.444 e. The average Bonchev–Trinajstić information content (AvgIpc) is 2.79. The molecule has 1 aliphatic heterocycles. The first-order chi connectivity index (χ1) is 9.80. The van der Waals surface area contributed by atoms with Crippen LogP contribution in [0.5, 0.6) is 0 Å². The highest BCUT2D eigenvalue weighted by atomic mass is 16.6. The third-order valence-corrected chi connectivity index (χ3v) is 3.18. The van der Waals surface area contributed by atoms with E-state index in [-0.39, 0.29) is 12.0 Å². The van der Waals surface area contributed by atoms with Gasteiger partial charge in [0, 0.05) is 25.2 Å². The number of nitrogens with zero attached hydrogens (tertiary/aromatic N) is 1. The molecule has 2 amide bonds. The van der Waals surface area contributed by atoms with Gasteiger partial charge in [0.2, 0.25) is 0 Å². The van der Waals surface area contributed by atoms with E-state index in [1.165, 1.54) is 0 Å². The molecule has 1 N–H and O–H groups in total. The fourth-order valence-corrected chi connectivity index (χ4v) is 2.25. The lowest BCUT2D eigenvalue weighted by atomic mass is 10.1. The second-order valence-corrected chi connectivity index (χ2v) is 6.18. The Morgan fingerprint density at radius 1 is 1.24 bits per heavy atom. The average molecular weight is 290 g/mol. The van der Waals surface area contributed by atoms with Crippen LogP contribution in [0.15, 0.2) is 18.2 Å². The molecule has 5 heteroatoms. The second-order valence-electron chi connectivity index (χ2n) is 6.18. The maximum absolute atomic E-state index is 12.1. The molecule has 2 rings (SSSR count). The lowest BCUT2D eigenvalue weighted by Gasteiger charge is -2.24. The van der Waals surface area contributed by atoms with Crippen molar-refractivity contribution in [2.24, 2.45) is 0 Å². The lowest BCUT2D eigenvalue weighted by molar-refractivity contribution is 0.0242. The van der Waals surface area contributed by atoms with E-state index in [9.17, 15) is 9.59 Å². The van der Waals surface area contributed by atoms with Gasteiger partial charge in [0.1, 0.15) is 5.60 Å². The lowest BCUT2D eigenvalue weighted by Crippen LogP contribution is -2.33. The van der Waals surface area contributed by atoms with Crippen molar-refractivity contribution in [1.82, 2.24) is 10.2 Å². The van der Waals surface area contributed by atoms with Crippen LogP contribution in [0, 0.1) is 0 Å². The van der Waals surface area contributed by atoms with Gasteiger partial charge in [-0.1, -0.05) is 6.07 Å². The molecule has 114 valence electrons. The Kier molecular flexibility index (Phi) is 4.21. The van der Waals surface area contributed by atoms with Crippen LogP contribution in [0.3, 0.4) is 0 Å². The van der Waals surface area contributed by atoms with Crippen molar-refractivity contribution in [3.63, 3.8) is 0 Å². The van der Waals surface area contributed by atoms with Crippen LogP contribution in [0.25, 0.3) is 0 Å². The maximum atomic E-state index is 12.1. The Hall–Kier alpha value is -2.04. The normalized spacial score (nSPS) is 13.8. The SMILES string of the molecule is CCNC(=O)c1ccc2c(c1)CN(C(=O)OC(C)(C)C)C2. The molecule has 0 fully saturated rings. The number of hydrogen-bond donors (Lipinski definition) is 1. The molecule has 21 heavy (non-hydrogen) atoms. The Morgan fingerprint density at radius 3 is 2.52 bits per heavy atom. The third kappa shape index (κ3) is 3.74. The minimum atomic E-state index is -0.502. The molecule has 0 unspecified atom stereocenters. The molecule has 0 aromatic heterocycles. The molecule has 1 aliphatic rings. The number of rotatable bonds is 2. The monoisotopic (exact) mass is 290 g/mol. The standard InChI is InChI=1S/C16H22N2O3/c1-5-17-14(19)11-6-7-12-9-18(10-13(12)8-11)15(20)21-16(2,3)4/h6-8H,5,9-10H2,1-4H3,(H,17,19). The zero-order valence-electron chi connectivity index (χ0n) is 13.0. The number of carbonyl (C=O) groups excluding carboxylic acids is 2. The van der Waals surface area contributed by atoms with Crippen molar-refractivity contribution in [3.05, 3.63) is 34.9 Å². The number of nitrogens with one attached hydrogen (secondary N) is 1. The van der Waals surface area contributed by atoms with Crippen LogP contribution < -0.4 is 5.32 Å². The number of amides is 2. The molecule has 1 aromatic carbocycles. The summed E-state index contributed by atoms with van der Waals surface area (Å²) in [5.74, 6) is -0.0870. The van der Waals surface area contributed by atoms with Gasteiger partial charge in [-0.2, -0.15) is 0 Å². The molecule has 0 spiro atoms. The third-order valence-electron chi connectivity index (χ3n) is 3.18. The van der Waals surface area contributed by atoms with Gasteiger partial charge in [0.25, 0.3) is 5.91 Å². The molecule has 0 aliphatic carbocycles. The first-order valence-electron chi connectivity index (χ1n) is 7.18. The number of carbonyl (C=O) groups is 2. The van der Waals surface area contributed by atoms with Gasteiger partial charge in [0.15, 0.2) is 0 Å². The van der Waals surface area contributed by atoms with Gasteiger partial charge < -0.3 is 10.1 Å². The summed E-state index contributed by atoms with van der Waals surface area (Å²) in [6.07, 6.45) is -0.321. The van der Waals surface area contributed by atoms with Gasteiger partial charge in [-0.15, -0.1) is 0 Å². The van der Waals surface area contributed by atoms with E-state index >= 15 is 0 Å². The van der Waals surface area contributed by atoms with E-state index in [1.807, 2.05) is 39.8 Å². The van der Waals surface area contributed by atoms with Crippen molar-refractivity contribution in [1.29, 1.82) is 0 Å². The highest BCUT2D eigenvalue weighted by Gasteiger charge is 2.28. The molecule has 0 radical (unpaired) electrons. The highest BCUT2D eigenvalue weighted by Crippen LogP contribution is 2.25. The van der Waals surface area contributed by atoms with Crippen molar-refractivity contribution >= 4 is 12.0 Å². The van der Waals surface area contributed by atoms with Gasteiger partial charge >= 0.3 is 6.09 Å². The molecular weight excluding hydrogens is 268 g/mol. The molecule has 0 saturated carbocycles. The summed E-state index contributed by atoms with van der Waals surface area (Å²) in [7, 11) is 0. The number of benzene rings is 1. The summed E-state index contributed by atoms with van der Waals surface area (Å²) in [6, 6.07) is 5.55. The predicted molar refractivity (Wildman–Crippen MR) is 79.9 cm³/mol. The minimum absolute atomic E-state index is 0.0870. The number of ether oxygens (including phenoxy) is 1. The quantitative estimate of drug-likeness (QED) is 0.911. The maximum Gasteiger partial charge on any atom is 0.410 e. The van der Waals surface area contributed by atoms with E-state index in [1.54, 1.807) is 11.0 Å². The fraction of sp³-hybridized carbons (Fsp3) is 0.500. The van der Waals surface area contributed by atoms with Gasteiger partial charge in [0.05, 0.1) is 0 Å². The molecule has 1 heterocycles. The molecule has 5 nitrogen and oxygen atoms in total. The van der Waals surface area contributed by atoms with E-state index in [2.05, 4.69) is 5.32 Å². The zero-order valence-corrected chi connectivity index (χ0v) is 13.0. The summed E-state index contributed by atoms with van der Waals surface area (Å²) in [5.41, 5.74) is 2.19. The Balaban J connectivity index is 2.09. The smallest absolute Gasteiger partial charge is 0.410 e. The number of hydrogen-bond acceptors (Lipinski definition) is 3. The van der Waals surface area contributed by atoms with E-state index in [4.69, 9.17) is 4.74 Å². The first-order valence-corrected chi connectivity index (χ1v) is 7.18. The summed E-state index contributed by atoms with van der Waals surface area (Å²) in [5, 5.41) is 2.77. The predicted octanol–water partition coefficient (Wildman–Crippen LogP) is 2.69. The van der Waals surface area contributed by atoms with Gasteiger partial charge in [-0.3, -0.25) is 9.69 Å². The summed E-state index contributed by atoms with van der Waals surface area (Å²) >= 11 is 0. The minimum Gasteiger partial charge on any atom is -0.444 e. The Morgan fingerprint density at radius 2 is 1.90 bits per heavy atom.